The third-order valence-electron chi connectivity index (χ3n) is 2.39. The second kappa shape index (κ2) is 6.03. The monoisotopic (exact) mass is 243 g/mol. The molecule has 6 heteroatoms. The Morgan fingerprint density at radius 1 is 1.53 bits per heavy atom. The van der Waals surface area contributed by atoms with Gasteiger partial charge in [0.15, 0.2) is 11.6 Å². The van der Waals surface area contributed by atoms with E-state index in [2.05, 4.69) is 10.5 Å². The quantitative estimate of drug-likeness (QED) is 0.321. The molecule has 0 saturated heterocycles. The van der Waals surface area contributed by atoms with Crippen LogP contribution in [0.5, 0.6) is 0 Å². The predicted octanol–water partition coefficient (Wildman–Crippen LogP) is 2.29. The topological polar surface area (TPSA) is 70.6 Å². The van der Waals surface area contributed by atoms with E-state index in [0.717, 1.165) is 6.07 Å². The normalized spacial score (nSPS) is 13.5. The molecule has 0 spiro atoms. The summed E-state index contributed by atoms with van der Waals surface area (Å²) in [5.41, 5.74) is 5.44. The maximum atomic E-state index is 13.4. The molecule has 1 rings (SSSR count). The summed E-state index contributed by atoms with van der Waals surface area (Å²) in [5.74, 6) is -1.79. The van der Waals surface area contributed by atoms with Gasteiger partial charge in [0, 0.05) is 12.5 Å². The van der Waals surface area contributed by atoms with Crippen LogP contribution in [0.25, 0.3) is 0 Å². The third kappa shape index (κ3) is 3.58. The van der Waals surface area contributed by atoms with Crippen LogP contribution in [0, 0.1) is 11.6 Å². The van der Waals surface area contributed by atoms with E-state index in [1.54, 1.807) is 0 Å². The van der Waals surface area contributed by atoms with Crippen molar-refractivity contribution in [1.82, 2.24) is 0 Å². The molecule has 0 saturated carbocycles. The minimum absolute atomic E-state index is 0.0427. The summed E-state index contributed by atoms with van der Waals surface area (Å²) in [6, 6.07) is 3.68. The van der Waals surface area contributed by atoms with Crippen LogP contribution in [0.2, 0.25) is 0 Å². The smallest absolute Gasteiger partial charge is 0.181 e. The zero-order valence-corrected chi connectivity index (χ0v) is 9.45. The first kappa shape index (κ1) is 13.2. The zero-order valence-electron chi connectivity index (χ0n) is 9.45. The Bertz CT molecular complexity index is 410. The summed E-state index contributed by atoms with van der Waals surface area (Å²) in [4.78, 5) is 0. The number of hydrogen-bond acceptors (Lipinski definition) is 3. The fourth-order valence-electron chi connectivity index (χ4n) is 1.43. The van der Waals surface area contributed by atoms with Crippen LogP contribution >= 0.6 is 0 Å². The number of anilines is 1. The van der Waals surface area contributed by atoms with Gasteiger partial charge in [-0.2, -0.15) is 0 Å². The van der Waals surface area contributed by atoms with E-state index in [9.17, 15) is 8.78 Å². The molecule has 0 aromatic heterocycles. The van der Waals surface area contributed by atoms with Crippen LogP contribution in [0.1, 0.15) is 19.8 Å². The Balaban J connectivity index is 2.77. The predicted molar refractivity (Wildman–Crippen MR) is 62.1 cm³/mol. The molecule has 4 nitrogen and oxygen atoms in total. The molecular weight excluding hydrogens is 228 g/mol. The molecule has 0 amide bonds. The summed E-state index contributed by atoms with van der Waals surface area (Å²) >= 11 is 0. The molecule has 0 aliphatic heterocycles. The van der Waals surface area contributed by atoms with E-state index in [0.29, 0.717) is 6.42 Å². The van der Waals surface area contributed by atoms with Gasteiger partial charge >= 0.3 is 0 Å². The van der Waals surface area contributed by atoms with Gasteiger partial charge in [0.1, 0.15) is 5.84 Å². The second-order valence-corrected chi connectivity index (χ2v) is 3.65. The highest BCUT2D eigenvalue weighted by atomic mass is 19.2. The SMILES string of the molecule is CCC(C/C(N)=N/O)Nc1cccc(F)c1F. The summed E-state index contributed by atoms with van der Waals surface area (Å²) < 4.78 is 26.3. The highest BCUT2D eigenvalue weighted by Crippen LogP contribution is 2.18. The van der Waals surface area contributed by atoms with Gasteiger partial charge < -0.3 is 16.3 Å². The van der Waals surface area contributed by atoms with Crippen molar-refractivity contribution in [2.45, 2.75) is 25.8 Å². The van der Waals surface area contributed by atoms with Gasteiger partial charge in [0.05, 0.1) is 5.69 Å². The van der Waals surface area contributed by atoms with Gasteiger partial charge in [0.25, 0.3) is 0 Å². The molecule has 1 aromatic carbocycles. The Hall–Kier alpha value is -1.85. The minimum atomic E-state index is -0.926. The third-order valence-corrected chi connectivity index (χ3v) is 2.39. The first-order valence-electron chi connectivity index (χ1n) is 5.25. The Morgan fingerprint density at radius 3 is 2.82 bits per heavy atom. The lowest BCUT2D eigenvalue weighted by atomic mass is 10.1. The average Bonchev–Trinajstić information content (AvgIpc) is 2.33. The lowest BCUT2D eigenvalue weighted by Crippen LogP contribution is -2.27. The van der Waals surface area contributed by atoms with Crippen molar-refractivity contribution >= 4 is 11.5 Å². The van der Waals surface area contributed by atoms with Gasteiger partial charge in [-0.3, -0.25) is 0 Å². The van der Waals surface area contributed by atoms with Crippen molar-refractivity contribution in [3.05, 3.63) is 29.8 Å². The summed E-state index contributed by atoms with van der Waals surface area (Å²) in [7, 11) is 0. The van der Waals surface area contributed by atoms with E-state index in [1.807, 2.05) is 6.92 Å². The van der Waals surface area contributed by atoms with E-state index < -0.39 is 11.6 Å². The van der Waals surface area contributed by atoms with E-state index in [1.165, 1.54) is 12.1 Å². The van der Waals surface area contributed by atoms with Crippen LogP contribution in [0.4, 0.5) is 14.5 Å². The Labute approximate surface area is 98.1 Å². The van der Waals surface area contributed by atoms with Gasteiger partial charge in [-0.1, -0.05) is 18.1 Å². The molecular formula is C11H15F2N3O. The molecule has 1 atom stereocenters. The molecule has 0 radical (unpaired) electrons. The summed E-state index contributed by atoms with van der Waals surface area (Å²) in [5, 5.41) is 14.1. The van der Waals surface area contributed by atoms with Crippen molar-refractivity contribution in [1.29, 1.82) is 0 Å². The van der Waals surface area contributed by atoms with Crippen molar-refractivity contribution in [2.24, 2.45) is 10.9 Å². The molecule has 17 heavy (non-hydrogen) atoms. The molecule has 0 aliphatic carbocycles. The number of benzene rings is 1. The molecule has 0 bridgehead atoms. The van der Waals surface area contributed by atoms with Crippen LogP contribution in [0.15, 0.2) is 23.4 Å². The zero-order chi connectivity index (χ0) is 12.8. The van der Waals surface area contributed by atoms with E-state index in [-0.39, 0.29) is 24.0 Å². The summed E-state index contributed by atoms with van der Waals surface area (Å²) in [6.45, 7) is 1.86. The van der Waals surface area contributed by atoms with E-state index in [4.69, 9.17) is 10.9 Å². The van der Waals surface area contributed by atoms with Crippen LogP contribution in [-0.2, 0) is 0 Å². The highest BCUT2D eigenvalue weighted by Gasteiger charge is 2.13. The maximum absolute atomic E-state index is 13.4. The number of nitrogens with zero attached hydrogens (tertiary/aromatic N) is 1. The highest BCUT2D eigenvalue weighted by molar-refractivity contribution is 5.80. The Morgan fingerprint density at radius 2 is 2.24 bits per heavy atom. The van der Waals surface area contributed by atoms with Crippen LogP contribution in [-0.4, -0.2) is 17.1 Å². The van der Waals surface area contributed by atoms with Crippen molar-refractivity contribution < 1.29 is 14.0 Å². The second-order valence-electron chi connectivity index (χ2n) is 3.65. The molecule has 4 N–H and O–H groups in total. The first-order chi connectivity index (χ1) is 8.08. The largest absolute Gasteiger partial charge is 0.409 e. The molecule has 94 valence electrons. The van der Waals surface area contributed by atoms with Crippen molar-refractivity contribution in [2.75, 3.05) is 5.32 Å². The number of rotatable bonds is 5. The van der Waals surface area contributed by atoms with Crippen LogP contribution < -0.4 is 11.1 Å². The molecule has 1 unspecified atom stereocenters. The van der Waals surface area contributed by atoms with Gasteiger partial charge in [0.2, 0.25) is 0 Å². The average molecular weight is 243 g/mol. The van der Waals surface area contributed by atoms with Crippen molar-refractivity contribution in [3.8, 4) is 0 Å². The van der Waals surface area contributed by atoms with Crippen molar-refractivity contribution in [3.63, 3.8) is 0 Å². The van der Waals surface area contributed by atoms with Gasteiger partial charge in [-0.05, 0) is 18.6 Å². The number of amidine groups is 1. The fourth-order valence-corrected chi connectivity index (χ4v) is 1.43. The number of halogens is 2. The number of oxime groups is 1. The molecule has 1 aromatic rings. The number of hydrogen-bond donors (Lipinski definition) is 3. The maximum Gasteiger partial charge on any atom is 0.181 e. The fraction of sp³-hybridized carbons (Fsp3) is 0.364. The Kier molecular flexibility index (Phi) is 4.68. The standard InChI is InChI=1S/C11H15F2N3O/c1-2-7(6-10(14)16-17)15-9-5-3-4-8(12)11(9)13/h3-5,7,15,17H,2,6H2,1H3,(H2,14,16). The minimum Gasteiger partial charge on any atom is -0.409 e. The van der Waals surface area contributed by atoms with E-state index >= 15 is 0 Å². The number of nitrogens with two attached hydrogens (primary N) is 1. The first-order valence-corrected chi connectivity index (χ1v) is 5.25. The van der Waals surface area contributed by atoms with Gasteiger partial charge in [-0.25, -0.2) is 8.78 Å². The lowest BCUT2D eigenvalue weighted by Gasteiger charge is -2.18. The molecule has 0 heterocycles. The van der Waals surface area contributed by atoms with Gasteiger partial charge in [-0.15, -0.1) is 0 Å². The molecule has 0 aliphatic rings. The summed E-state index contributed by atoms with van der Waals surface area (Å²) in [6.07, 6.45) is 0.884. The molecule has 0 fully saturated rings. The lowest BCUT2D eigenvalue weighted by molar-refractivity contribution is 0.316. The van der Waals surface area contributed by atoms with Crippen LogP contribution in [0.3, 0.4) is 0 Å². The number of nitrogens with one attached hydrogen (secondary N) is 1.